The molecule has 1 heterocycles. The highest BCUT2D eigenvalue weighted by Gasteiger charge is 2.40. The highest BCUT2D eigenvalue weighted by Crippen LogP contribution is 2.33. The van der Waals surface area contributed by atoms with Gasteiger partial charge in [0.2, 0.25) is 0 Å². The summed E-state index contributed by atoms with van der Waals surface area (Å²) >= 11 is 0.741. The minimum absolute atomic E-state index is 0.210. The van der Waals surface area contributed by atoms with E-state index in [2.05, 4.69) is 0 Å². The Morgan fingerprint density at radius 2 is 2.00 bits per heavy atom. The quantitative estimate of drug-likeness (QED) is 0.839. The minimum Gasteiger partial charge on any atom is -0.494 e. The molecule has 0 bridgehead atoms. The van der Waals surface area contributed by atoms with Crippen LogP contribution in [0, 0.1) is 0 Å². The van der Waals surface area contributed by atoms with Crippen LogP contribution >= 0.6 is 11.8 Å². The third-order valence-electron chi connectivity index (χ3n) is 3.06. The molecule has 1 aliphatic rings. The Balaban J connectivity index is 2.21. The number of imide groups is 1. The number of benzene rings is 1. The van der Waals surface area contributed by atoms with Gasteiger partial charge in [-0.1, -0.05) is 12.1 Å². The number of rotatable bonds is 5. The van der Waals surface area contributed by atoms with E-state index in [1.165, 1.54) is 6.92 Å². The highest BCUT2D eigenvalue weighted by molar-refractivity contribution is 8.18. The molecule has 1 aromatic rings. The van der Waals surface area contributed by atoms with Gasteiger partial charge in [-0.2, -0.15) is 0 Å². The van der Waals surface area contributed by atoms with Crippen molar-refractivity contribution in [3.63, 3.8) is 0 Å². The zero-order valence-electron chi connectivity index (χ0n) is 12.1. The van der Waals surface area contributed by atoms with Crippen molar-refractivity contribution in [2.75, 3.05) is 6.61 Å². The summed E-state index contributed by atoms with van der Waals surface area (Å²) in [6.07, 6.45) is 1.56. The van der Waals surface area contributed by atoms with Crippen LogP contribution in [0.15, 0.2) is 29.2 Å². The van der Waals surface area contributed by atoms with Crippen molar-refractivity contribution in [2.24, 2.45) is 0 Å². The summed E-state index contributed by atoms with van der Waals surface area (Å²) in [6, 6.07) is 5.87. The standard InChI is InChI=1S/C15H15NO5S/c1-3-21-11-6-4-10(5-7-11)8-12-13(17)16(15(20)22-12)9(2)14(18)19/h4-9H,3H2,1-2H3,(H,18,19)/b12-8+. The lowest BCUT2D eigenvalue weighted by Crippen LogP contribution is -2.41. The Labute approximate surface area is 131 Å². The van der Waals surface area contributed by atoms with Crippen molar-refractivity contribution >= 4 is 35.0 Å². The second-order valence-corrected chi connectivity index (χ2v) is 5.56. The molecule has 0 spiro atoms. The van der Waals surface area contributed by atoms with Gasteiger partial charge in [0.1, 0.15) is 11.8 Å². The predicted molar refractivity (Wildman–Crippen MR) is 82.5 cm³/mol. The van der Waals surface area contributed by atoms with Crippen LogP contribution in [0.5, 0.6) is 5.75 Å². The first-order valence-corrected chi connectivity index (χ1v) is 7.48. The van der Waals surface area contributed by atoms with Crippen molar-refractivity contribution in [3.05, 3.63) is 34.7 Å². The van der Waals surface area contributed by atoms with Crippen LogP contribution in [0.25, 0.3) is 6.08 Å². The first kappa shape index (κ1) is 16.1. The second kappa shape index (κ2) is 6.65. The van der Waals surface area contributed by atoms with Gasteiger partial charge in [0.25, 0.3) is 11.1 Å². The molecule has 6 nitrogen and oxygen atoms in total. The molecular formula is C15H15NO5S. The lowest BCUT2D eigenvalue weighted by atomic mass is 10.2. The third kappa shape index (κ3) is 3.30. The van der Waals surface area contributed by atoms with E-state index in [0.29, 0.717) is 12.4 Å². The number of carbonyl (C=O) groups excluding carboxylic acids is 2. The molecule has 0 radical (unpaired) electrons. The molecule has 1 aromatic carbocycles. The molecule has 0 saturated carbocycles. The predicted octanol–water partition coefficient (Wildman–Crippen LogP) is 2.59. The number of thioether (sulfide) groups is 1. The van der Waals surface area contributed by atoms with Gasteiger partial charge < -0.3 is 9.84 Å². The fourth-order valence-corrected chi connectivity index (χ4v) is 2.81. The molecule has 0 aromatic heterocycles. The molecule has 2 rings (SSSR count). The van der Waals surface area contributed by atoms with Gasteiger partial charge in [0, 0.05) is 0 Å². The average molecular weight is 321 g/mol. The van der Waals surface area contributed by atoms with E-state index >= 15 is 0 Å². The lowest BCUT2D eigenvalue weighted by molar-refractivity contribution is -0.145. The first-order chi connectivity index (χ1) is 10.4. The van der Waals surface area contributed by atoms with Crippen molar-refractivity contribution in [2.45, 2.75) is 19.9 Å². The van der Waals surface area contributed by atoms with Crippen LogP contribution < -0.4 is 4.74 Å². The zero-order valence-corrected chi connectivity index (χ0v) is 12.9. The first-order valence-electron chi connectivity index (χ1n) is 6.66. The van der Waals surface area contributed by atoms with Crippen LogP contribution in [0.4, 0.5) is 4.79 Å². The van der Waals surface area contributed by atoms with E-state index in [-0.39, 0.29) is 4.91 Å². The second-order valence-electron chi connectivity index (χ2n) is 4.57. The molecular weight excluding hydrogens is 306 g/mol. The fraction of sp³-hybridized carbons (Fsp3) is 0.267. The molecule has 7 heteroatoms. The van der Waals surface area contributed by atoms with E-state index in [9.17, 15) is 14.4 Å². The van der Waals surface area contributed by atoms with Gasteiger partial charge in [0.05, 0.1) is 11.5 Å². The number of aliphatic carboxylic acids is 1. The van der Waals surface area contributed by atoms with Crippen molar-refractivity contribution in [1.82, 2.24) is 4.90 Å². The summed E-state index contributed by atoms with van der Waals surface area (Å²) in [5.74, 6) is -1.09. The largest absolute Gasteiger partial charge is 0.494 e. The summed E-state index contributed by atoms with van der Waals surface area (Å²) < 4.78 is 5.32. The zero-order chi connectivity index (χ0) is 16.3. The average Bonchev–Trinajstić information content (AvgIpc) is 2.75. The number of hydrogen-bond acceptors (Lipinski definition) is 5. The van der Waals surface area contributed by atoms with Crippen LogP contribution in [0.2, 0.25) is 0 Å². The number of ether oxygens (including phenoxy) is 1. The van der Waals surface area contributed by atoms with Crippen molar-refractivity contribution in [3.8, 4) is 5.75 Å². The van der Waals surface area contributed by atoms with Gasteiger partial charge >= 0.3 is 5.97 Å². The fourth-order valence-electron chi connectivity index (χ4n) is 1.90. The third-order valence-corrected chi connectivity index (χ3v) is 3.94. The summed E-state index contributed by atoms with van der Waals surface area (Å²) in [4.78, 5) is 35.9. The topological polar surface area (TPSA) is 83.9 Å². The highest BCUT2D eigenvalue weighted by atomic mass is 32.2. The van der Waals surface area contributed by atoms with Crippen LogP contribution in [0.1, 0.15) is 19.4 Å². The number of nitrogens with zero attached hydrogens (tertiary/aromatic N) is 1. The van der Waals surface area contributed by atoms with E-state index in [1.807, 2.05) is 6.92 Å². The molecule has 1 unspecified atom stereocenters. The Kier molecular flexibility index (Phi) is 4.87. The molecule has 22 heavy (non-hydrogen) atoms. The maximum atomic E-state index is 12.2. The van der Waals surface area contributed by atoms with Gasteiger partial charge in [-0.25, -0.2) is 4.79 Å². The number of carboxylic acids is 1. The van der Waals surface area contributed by atoms with E-state index in [1.54, 1.807) is 30.3 Å². The summed E-state index contributed by atoms with van der Waals surface area (Å²) in [5.41, 5.74) is 0.733. The van der Waals surface area contributed by atoms with Crippen LogP contribution in [-0.2, 0) is 9.59 Å². The summed E-state index contributed by atoms with van der Waals surface area (Å²) in [5, 5.41) is 8.37. The van der Waals surface area contributed by atoms with Crippen LogP contribution in [0.3, 0.4) is 0 Å². The molecule has 116 valence electrons. The normalized spacial score (nSPS) is 17.9. The minimum atomic E-state index is -1.22. The molecule has 1 atom stereocenters. The van der Waals surface area contributed by atoms with E-state index in [0.717, 1.165) is 22.2 Å². The Hall–Kier alpha value is -2.28. The van der Waals surface area contributed by atoms with Crippen LogP contribution in [-0.4, -0.2) is 39.8 Å². The number of hydrogen-bond donors (Lipinski definition) is 1. The maximum absolute atomic E-state index is 12.2. The SMILES string of the molecule is CCOc1ccc(/C=C2/SC(=O)N(C(C)C(=O)O)C2=O)cc1. The molecule has 0 aliphatic carbocycles. The molecule has 1 fully saturated rings. The molecule has 1 N–H and O–H groups in total. The molecule has 2 amide bonds. The van der Waals surface area contributed by atoms with Crippen molar-refractivity contribution < 1.29 is 24.2 Å². The Morgan fingerprint density at radius 1 is 1.36 bits per heavy atom. The Morgan fingerprint density at radius 3 is 2.55 bits per heavy atom. The van der Waals surface area contributed by atoms with Gasteiger partial charge in [0.15, 0.2) is 0 Å². The smallest absolute Gasteiger partial charge is 0.326 e. The van der Waals surface area contributed by atoms with Gasteiger partial charge in [-0.05, 0) is 49.4 Å². The monoisotopic (exact) mass is 321 g/mol. The number of carbonyl (C=O) groups is 3. The van der Waals surface area contributed by atoms with E-state index < -0.39 is 23.2 Å². The summed E-state index contributed by atoms with van der Waals surface area (Å²) in [6.45, 7) is 3.75. The number of carboxylic acid groups (broad SMARTS) is 1. The van der Waals surface area contributed by atoms with Crippen molar-refractivity contribution in [1.29, 1.82) is 0 Å². The van der Waals surface area contributed by atoms with Gasteiger partial charge in [-0.15, -0.1) is 0 Å². The summed E-state index contributed by atoms with van der Waals surface area (Å²) in [7, 11) is 0. The van der Waals surface area contributed by atoms with Gasteiger partial charge in [-0.3, -0.25) is 14.5 Å². The number of amides is 2. The molecule has 1 saturated heterocycles. The Bertz CT molecular complexity index is 638. The lowest BCUT2D eigenvalue weighted by Gasteiger charge is -2.16. The molecule has 1 aliphatic heterocycles. The maximum Gasteiger partial charge on any atom is 0.326 e. The van der Waals surface area contributed by atoms with E-state index in [4.69, 9.17) is 9.84 Å².